The SMILES string of the molecule is C=CC[n+]1cc(/N=C(\C)[O-])on1. The summed E-state index contributed by atoms with van der Waals surface area (Å²) in [5.41, 5.74) is 0. The molecule has 0 atom stereocenters. The van der Waals surface area contributed by atoms with Crippen LogP contribution in [0.5, 0.6) is 0 Å². The fraction of sp³-hybridized carbons (Fsp3) is 0.286. The molecule has 0 aliphatic carbocycles. The Morgan fingerprint density at radius 2 is 2.75 bits per heavy atom. The number of rotatable bonds is 3. The largest absolute Gasteiger partial charge is 0.862 e. The topological polar surface area (TPSA) is 65.3 Å². The minimum atomic E-state index is -0.308. The van der Waals surface area contributed by atoms with E-state index < -0.39 is 0 Å². The lowest BCUT2D eigenvalue weighted by molar-refractivity contribution is -0.753. The van der Waals surface area contributed by atoms with Gasteiger partial charge in [-0.2, -0.15) is 0 Å². The molecule has 0 amide bonds. The van der Waals surface area contributed by atoms with Gasteiger partial charge in [-0.3, -0.25) is 4.52 Å². The first kappa shape index (κ1) is 8.45. The van der Waals surface area contributed by atoms with Crippen LogP contribution in [0.4, 0.5) is 5.88 Å². The normalized spacial score (nSPS) is 11.6. The summed E-state index contributed by atoms with van der Waals surface area (Å²) < 4.78 is 6.20. The molecule has 0 N–H and O–H groups in total. The number of nitrogens with zero attached hydrogens (tertiary/aromatic N) is 3. The van der Waals surface area contributed by atoms with Gasteiger partial charge in [-0.05, 0) is 23.6 Å². The minimum absolute atomic E-state index is 0.212. The lowest BCUT2D eigenvalue weighted by Gasteiger charge is -1.95. The summed E-state index contributed by atoms with van der Waals surface area (Å²) in [5, 5.41) is 14.1. The van der Waals surface area contributed by atoms with Gasteiger partial charge in [0.2, 0.25) is 5.27 Å². The molecule has 0 unspecified atom stereocenters. The predicted octanol–water partition coefficient (Wildman–Crippen LogP) is -0.442. The monoisotopic (exact) mass is 167 g/mol. The second kappa shape index (κ2) is 3.66. The number of hydrogen-bond acceptors (Lipinski definition) is 4. The Labute approximate surface area is 69.6 Å². The van der Waals surface area contributed by atoms with E-state index in [2.05, 4.69) is 16.8 Å². The van der Waals surface area contributed by atoms with Crippen LogP contribution in [0.25, 0.3) is 0 Å². The lowest BCUT2D eigenvalue weighted by atomic mass is 10.6. The predicted molar refractivity (Wildman–Crippen MR) is 39.7 cm³/mol. The molecule has 0 fully saturated rings. The van der Waals surface area contributed by atoms with E-state index in [4.69, 9.17) is 4.52 Å². The van der Waals surface area contributed by atoms with Gasteiger partial charge >= 0.3 is 5.88 Å². The van der Waals surface area contributed by atoms with Crippen molar-refractivity contribution in [2.45, 2.75) is 13.5 Å². The quantitative estimate of drug-likeness (QED) is 0.265. The van der Waals surface area contributed by atoms with Gasteiger partial charge in [0.25, 0.3) is 6.20 Å². The highest BCUT2D eigenvalue weighted by Gasteiger charge is 2.06. The van der Waals surface area contributed by atoms with Crippen molar-refractivity contribution >= 4 is 11.8 Å². The molecular weight excluding hydrogens is 158 g/mol. The first-order valence-corrected chi connectivity index (χ1v) is 3.42. The Balaban J connectivity index is 2.77. The second-order valence-corrected chi connectivity index (χ2v) is 2.18. The summed E-state index contributed by atoms with van der Waals surface area (Å²) in [7, 11) is 0. The van der Waals surface area contributed by atoms with E-state index in [0.717, 1.165) is 0 Å². The molecule has 1 heterocycles. The average molecular weight is 167 g/mol. The van der Waals surface area contributed by atoms with Gasteiger partial charge < -0.3 is 5.11 Å². The summed E-state index contributed by atoms with van der Waals surface area (Å²) in [6.45, 7) is 5.41. The van der Waals surface area contributed by atoms with E-state index in [-0.39, 0.29) is 11.8 Å². The van der Waals surface area contributed by atoms with E-state index in [1.807, 2.05) is 0 Å². The van der Waals surface area contributed by atoms with Gasteiger partial charge in [-0.25, -0.2) is 4.99 Å². The Morgan fingerprint density at radius 1 is 2.00 bits per heavy atom. The highest BCUT2D eigenvalue weighted by Crippen LogP contribution is 2.04. The summed E-state index contributed by atoms with van der Waals surface area (Å²) >= 11 is 0. The van der Waals surface area contributed by atoms with Crippen molar-refractivity contribution in [3.8, 4) is 0 Å². The molecular formula is C7H9N3O2. The smallest absolute Gasteiger partial charge is 0.320 e. The zero-order valence-electron chi connectivity index (χ0n) is 6.73. The fourth-order valence-corrected chi connectivity index (χ4v) is 0.692. The highest BCUT2D eigenvalue weighted by atomic mass is 16.5. The molecule has 0 saturated carbocycles. The van der Waals surface area contributed by atoms with Gasteiger partial charge in [0.15, 0.2) is 6.54 Å². The van der Waals surface area contributed by atoms with E-state index >= 15 is 0 Å². The fourth-order valence-electron chi connectivity index (χ4n) is 0.692. The molecule has 0 saturated heterocycles. The van der Waals surface area contributed by atoms with E-state index in [9.17, 15) is 5.11 Å². The van der Waals surface area contributed by atoms with Crippen LogP contribution in [0.15, 0.2) is 28.4 Å². The molecule has 0 aliphatic rings. The van der Waals surface area contributed by atoms with Crippen LogP contribution in [0, 0.1) is 0 Å². The molecule has 0 spiro atoms. The summed E-state index contributed by atoms with van der Waals surface area (Å²) in [5.74, 6) is -0.0961. The van der Waals surface area contributed by atoms with Crippen LogP contribution >= 0.6 is 0 Å². The molecule has 0 bridgehead atoms. The van der Waals surface area contributed by atoms with Crippen molar-refractivity contribution in [2.24, 2.45) is 4.99 Å². The zero-order chi connectivity index (χ0) is 8.97. The highest BCUT2D eigenvalue weighted by molar-refractivity contribution is 5.70. The molecule has 0 aromatic carbocycles. The third-order valence-electron chi connectivity index (χ3n) is 1.08. The number of aliphatic imine (C=N–C) groups is 1. The maximum atomic E-state index is 10.5. The van der Waals surface area contributed by atoms with Crippen molar-refractivity contribution in [3.63, 3.8) is 0 Å². The van der Waals surface area contributed by atoms with Crippen LogP contribution < -0.4 is 9.79 Å². The Bertz CT molecular complexity index is 299. The van der Waals surface area contributed by atoms with E-state index in [1.54, 1.807) is 6.08 Å². The van der Waals surface area contributed by atoms with Crippen molar-refractivity contribution in [1.82, 2.24) is 5.27 Å². The van der Waals surface area contributed by atoms with Crippen LogP contribution in [-0.2, 0) is 6.54 Å². The molecule has 5 heteroatoms. The third kappa shape index (κ3) is 2.19. The third-order valence-corrected chi connectivity index (χ3v) is 1.08. The molecule has 5 nitrogen and oxygen atoms in total. The Morgan fingerprint density at radius 3 is 3.33 bits per heavy atom. The summed E-state index contributed by atoms with van der Waals surface area (Å²) in [6.07, 6.45) is 3.20. The minimum Gasteiger partial charge on any atom is -0.862 e. The second-order valence-electron chi connectivity index (χ2n) is 2.18. The molecule has 64 valence electrons. The zero-order valence-corrected chi connectivity index (χ0v) is 6.73. The van der Waals surface area contributed by atoms with Gasteiger partial charge in [0.1, 0.15) is 0 Å². The Hall–Kier alpha value is -1.65. The summed E-state index contributed by atoms with van der Waals surface area (Å²) in [4.78, 5) is 3.54. The van der Waals surface area contributed by atoms with Gasteiger partial charge in [0, 0.05) is 0 Å². The molecule has 0 aliphatic heterocycles. The number of allylic oxidation sites excluding steroid dienone is 1. The average Bonchev–Trinajstić information content (AvgIpc) is 2.36. The van der Waals surface area contributed by atoms with Crippen LogP contribution in [-0.4, -0.2) is 11.2 Å². The van der Waals surface area contributed by atoms with Crippen molar-refractivity contribution in [1.29, 1.82) is 0 Å². The van der Waals surface area contributed by atoms with E-state index in [0.29, 0.717) is 6.54 Å². The molecule has 1 aromatic heterocycles. The lowest BCUT2D eigenvalue weighted by Crippen LogP contribution is -2.33. The molecule has 1 aromatic rings. The van der Waals surface area contributed by atoms with E-state index in [1.165, 1.54) is 17.8 Å². The number of aromatic nitrogens is 2. The van der Waals surface area contributed by atoms with Crippen molar-refractivity contribution in [3.05, 3.63) is 18.9 Å². The maximum Gasteiger partial charge on any atom is 0.320 e. The molecule has 1 rings (SSSR count). The van der Waals surface area contributed by atoms with Crippen molar-refractivity contribution < 1.29 is 14.3 Å². The maximum absolute atomic E-state index is 10.5. The number of hydrogen-bond donors (Lipinski definition) is 0. The molecule has 12 heavy (non-hydrogen) atoms. The van der Waals surface area contributed by atoms with Crippen LogP contribution in [0.1, 0.15) is 6.92 Å². The molecule has 0 radical (unpaired) electrons. The van der Waals surface area contributed by atoms with Crippen molar-refractivity contribution in [2.75, 3.05) is 0 Å². The first-order valence-electron chi connectivity index (χ1n) is 3.42. The van der Waals surface area contributed by atoms with Gasteiger partial charge in [-0.15, -0.1) is 0 Å². The Kier molecular flexibility index (Phi) is 2.57. The van der Waals surface area contributed by atoms with Crippen LogP contribution in [0.2, 0.25) is 0 Å². The van der Waals surface area contributed by atoms with Gasteiger partial charge in [-0.1, -0.05) is 6.58 Å². The van der Waals surface area contributed by atoms with Gasteiger partial charge in [0.05, 0.1) is 0 Å². The first-order chi connectivity index (χ1) is 5.72. The standard InChI is InChI=1S/C7H9N3O2/c1-3-4-10-5-7(12-9-10)8-6(2)11/h3,5H,1,4H2,2H3. The van der Waals surface area contributed by atoms with Crippen LogP contribution in [0.3, 0.4) is 0 Å². The summed E-state index contributed by atoms with van der Waals surface area (Å²) in [6, 6.07) is 0.